The minimum Gasteiger partial charge on any atom is -0.486 e. The zero-order valence-electron chi connectivity index (χ0n) is 9.66. The molecule has 0 atom stereocenters. The molecule has 0 fully saturated rings. The van der Waals surface area contributed by atoms with Gasteiger partial charge < -0.3 is 4.74 Å². The standard InChI is InChI=1S/C14H8Br2FNO/c15-11-5-2-6-12(16)14(11)19-8-10-4-1-3-9(7-18)13(10)17/h1-6H,8H2. The van der Waals surface area contributed by atoms with Crippen molar-refractivity contribution < 1.29 is 9.13 Å². The molecule has 0 aliphatic heterocycles. The summed E-state index contributed by atoms with van der Waals surface area (Å²) < 4.78 is 21.0. The summed E-state index contributed by atoms with van der Waals surface area (Å²) in [7, 11) is 0. The summed E-state index contributed by atoms with van der Waals surface area (Å²) in [5, 5.41) is 8.77. The molecule has 0 amide bonds. The summed E-state index contributed by atoms with van der Waals surface area (Å²) in [6, 6.07) is 12.0. The van der Waals surface area contributed by atoms with Crippen LogP contribution in [0.5, 0.6) is 5.75 Å². The zero-order valence-corrected chi connectivity index (χ0v) is 12.8. The first-order chi connectivity index (χ1) is 9.13. The average molecular weight is 385 g/mol. The van der Waals surface area contributed by atoms with Gasteiger partial charge in [-0.1, -0.05) is 18.2 Å². The summed E-state index contributed by atoms with van der Waals surface area (Å²) >= 11 is 6.73. The van der Waals surface area contributed by atoms with E-state index in [1.807, 2.05) is 24.3 Å². The van der Waals surface area contributed by atoms with Crippen molar-refractivity contribution in [3.8, 4) is 11.8 Å². The van der Waals surface area contributed by atoms with Gasteiger partial charge in [0.05, 0.1) is 14.5 Å². The SMILES string of the molecule is N#Cc1cccc(COc2c(Br)cccc2Br)c1F. The Bertz CT molecular complexity index is 632. The molecule has 0 radical (unpaired) electrons. The van der Waals surface area contributed by atoms with Crippen LogP contribution in [0.2, 0.25) is 0 Å². The van der Waals surface area contributed by atoms with Gasteiger partial charge in [0.25, 0.3) is 0 Å². The number of halogens is 3. The molecule has 2 aromatic carbocycles. The maximum atomic E-state index is 13.9. The van der Waals surface area contributed by atoms with Crippen molar-refractivity contribution in [2.24, 2.45) is 0 Å². The van der Waals surface area contributed by atoms with Gasteiger partial charge in [0, 0.05) is 5.56 Å². The average Bonchev–Trinajstić information content (AvgIpc) is 2.40. The lowest BCUT2D eigenvalue weighted by atomic mass is 10.1. The molecule has 0 aliphatic carbocycles. The fourth-order valence-corrected chi connectivity index (χ4v) is 2.78. The van der Waals surface area contributed by atoms with Crippen molar-refractivity contribution >= 4 is 31.9 Å². The Morgan fingerprint density at radius 3 is 2.37 bits per heavy atom. The molecule has 0 heterocycles. The summed E-state index contributed by atoms with van der Waals surface area (Å²) in [6.45, 7) is 0.0581. The maximum Gasteiger partial charge on any atom is 0.148 e. The van der Waals surface area contributed by atoms with Crippen LogP contribution in [0.4, 0.5) is 4.39 Å². The van der Waals surface area contributed by atoms with Gasteiger partial charge in [0.15, 0.2) is 0 Å². The maximum absolute atomic E-state index is 13.9. The monoisotopic (exact) mass is 383 g/mol. The third-order valence-electron chi connectivity index (χ3n) is 2.49. The number of ether oxygens (including phenoxy) is 1. The molecule has 0 aliphatic rings. The minimum absolute atomic E-state index is 0.0206. The van der Waals surface area contributed by atoms with Crippen LogP contribution in [-0.2, 0) is 6.61 Å². The smallest absolute Gasteiger partial charge is 0.148 e. The molecule has 2 nitrogen and oxygen atoms in total. The zero-order chi connectivity index (χ0) is 13.8. The summed E-state index contributed by atoms with van der Waals surface area (Å²) in [5.41, 5.74) is 0.369. The van der Waals surface area contributed by atoms with Crippen LogP contribution in [0.15, 0.2) is 45.3 Å². The molecule has 2 aromatic rings. The second-order valence-electron chi connectivity index (χ2n) is 3.73. The van der Waals surface area contributed by atoms with E-state index in [0.717, 1.165) is 8.95 Å². The Kier molecular flexibility index (Phi) is 4.56. The molecule has 0 N–H and O–H groups in total. The predicted molar refractivity (Wildman–Crippen MR) is 77.3 cm³/mol. The first kappa shape index (κ1) is 14.0. The fraction of sp³-hybridized carbons (Fsp3) is 0.0714. The molecule has 0 aromatic heterocycles. The van der Waals surface area contributed by atoms with Crippen LogP contribution in [0.1, 0.15) is 11.1 Å². The fourth-order valence-electron chi connectivity index (χ4n) is 1.55. The van der Waals surface area contributed by atoms with Crippen LogP contribution in [0, 0.1) is 17.1 Å². The quantitative estimate of drug-likeness (QED) is 0.761. The van der Waals surface area contributed by atoms with Crippen molar-refractivity contribution in [3.63, 3.8) is 0 Å². The van der Waals surface area contributed by atoms with Crippen LogP contribution < -0.4 is 4.74 Å². The highest BCUT2D eigenvalue weighted by Gasteiger charge is 2.10. The number of nitrogens with zero attached hydrogens (tertiary/aromatic N) is 1. The van der Waals surface area contributed by atoms with Crippen molar-refractivity contribution in [2.45, 2.75) is 6.61 Å². The highest BCUT2D eigenvalue weighted by atomic mass is 79.9. The highest BCUT2D eigenvalue weighted by Crippen LogP contribution is 2.33. The Hall–Kier alpha value is -1.38. The number of benzene rings is 2. The lowest BCUT2D eigenvalue weighted by Gasteiger charge is -2.11. The van der Waals surface area contributed by atoms with Crippen LogP contribution in [-0.4, -0.2) is 0 Å². The van der Waals surface area contributed by atoms with E-state index in [-0.39, 0.29) is 12.2 Å². The van der Waals surface area contributed by atoms with Crippen LogP contribution in [0.3, 0.4) is 0 Å². The molecular formula is C14H8Br2FNO. The highest BCUT2D eigenvalue weighted by molar-refractivity contribution is 9.11. The molecule has 2 rings (SSSR count). The number of rotatable bonds is 3. The lowest BCUT2D eigenvalue weighted by Crippen LogP contribution is -2.01. The molecule has 0 spiro atoms. The number of nitriles is 1. The first-order valence-electron chi connectivity index (χ1n) is 5.37. The molecule has 19 heavy (non-hydrogen) atoms. The van der Waals surface area contributed by atoms with Crippen molar-refractivity contribution in [1.29, 1.82) is 5.26 Å². The Balaban J connectivity index is 2.22. The number of hydrogen-bond donors (Lipinski definition) is 0. The van der Waals surface area contributed by atoms with E-state index in [0.29, 0.717) is 11.3 Å². The second-order valence-corrected chi connectivity index (χ2v) is 5.44. The van der Waals surface area contributed by atoms with E-state index in [9.17, 15) is 4.39 Å². The predicted octanol–water partition coefficient (Wildman–Crippen LogP) is 4.80. The van der Waals surface area contributed by atoms with E-state index < -0.39 is 5.82 Å². The number of para-hydroxylation sites is 1. The lowest BCUT2D eigenvalue weighted by molar-refractivity contribution is 0.296. The van der Waals surface area contributed by atoms with Gasteiger partial charge in [-0.05, 0) is 50.1 Å². The third-order valence-corrected chi connectivity index (χ3v) is 3.74. The molecular weight excluding hydrogens is 377 g/mol. The molecule has 5 heteroatoms. The van der Waals surface area contributed by atoms with Gasteiger partial charge in [0.2, 0.25) is 0 Å². The summed E-state index contributed by atoms with van der Waals surface area (Å²) in [5.74, 6) is 0.0671. The number of hydrogen-bond acceptors (Lipinski definition) is 2. The minimum atomic E-state index is -0.534. The van der Waals surface area contributed by atoms with Crippen molar-refractivity contribution in [3.05, 3.63) is 62.3 Å². The van der Waals surface area contributed by atoms with E-state index in [1.54, 1.807) is 12.1 Å². The molecule has 0 saturated heterocycles. The molecule has 0 bridgehead atoms. The van der Waals surface area contributed by atoms with E-state index in [1.165, 1.54) is 6.07 Å². The van der Waals surface area contributed by atoms with Crippen LogP contribution >= 0.6 is 31.9 Å². The third kappa shape index (κ3) is 3.14. The van der Waals surface area contributed by atoms with Gasteiger partial charge in [-0.15, -0.1) is 0 Å². The van der Waals surface area contributed by atoms with E-state index in [2.05, 4.69) is 31.9 Å². The van der Waals surface area contributed by atoms with Crippen LogP contribution in [0.25, 0.3) is 0 Å². The largest absolute Gasteiger partial charge is 0.486 e. The second kappa shape index (κ2) is 6.18. The molecule has 0 unspecified atom stereocenters. The summed E-state index contributed by atoms with van der Waals surface area (Å²) in [4.78, 5) is 0. The normalized spacial score (nSPS) is 10.0. The van der Waals surface area contributed by atoms with Gasteiger partial charge in [-0.3, -0.25) is 0 Å². The van der Waals surface area contributed by atoms with Gasteiger partial charge in [0.1, 0.15) is 24.2 Å². The van der Waals surface area contributed by atoms with Gasteiger partial charge >= 0.3 is 0 Å². The van der Waals surface area contributed by atoms with Crippen molar-refractivity contribution in [2.75, 3.05) is 0 Å². The first-order valence-corrected chi connectivity index (χ1v) is 6.96. The van der Waals surface area contributed by atoms with E-state index in [4.69, 9.17) is 10.00 Å². The Morgan fingerprint density at radius 2 is 1.74 bits per heavy atom. The van der Waals surface area contributed by atoms with E-state index >= 15 is 0 Å². The molecule has 0 saturated carbocycles. The summed E-state index contributed by atoms with van der Waals surface area (Å²) in [6.07, 6.45) is 0. The topological polar surface area (TPSA) is 33.0 Å². The van der Waals surface area contributed by atoms with Gasteiger partial charge in [-0.25, -0.2) is 4.39 Å². The Morgan fingerprint density at radius 1 is 1.11 bits per heavy atom. The Labute approximate surface area is 127 Å². The van der Waals surface area contributed by atoms with Gasteiger partial charge in [-0.2, -0.15) is 5.26 Å². The molecule has 96 valence electrons. The van der Waals surface area contributed by atoms with Crippen molar-refractivity contribution in [1.82, 2.24) is 0 Å².